The molecule has 0 saturated carbocycles. The second kappa shape index (κ2) is 24.2. The summed E-state index contributed by atoms with van der Waals surface area (Å²) in [6.07, 6.45) is 3.23. The van der Waals surface area contributed by atoms with E-state index < -0.39 is 5.91 Å². The number of unbranched alkanes of at least 4 members (excludes halogenated alkanes) is 2. The van der Waals surface area contributed by atoms with Crippen LogP contribution < -0.4 is 5.32 Å². The van der Waals surface area contributed by atoms with Crippen LogP contribution in [0.5, 0.6) is 0 Å². The Morgan fingerprint density at radius 3 is 2.33 bits per heavy atom. The zero-order valence-corrected chi connectivity index (χ0v) is 24.6. The van der Waals surface area contributed by atoms with Crippen molar-refractivity contribution in [3.05, 3.63) is 40.8 Å². The summed E-state index contributed by atoms with van der Waals surface area (Å²) < 4.78 is 15.9. The predicted molar refractivity (Wildman–Crippen MR) is 155 cm³/mol. The van der Waals surface area contributed by atoms with E-state index >= 15 is 0 Å². The van der Waals surface area contributed by atoms with Crippen LogP contribution in [-0.4, -0.2) is 98.5 Å². The van der Waals surface area contributed by atoms with Crippen LogP contribution >= 0.6 is 23.5 Å². The summed E-state index contributed by atoms with van der Waals surface area (Å²) >= 11 is 1.96. The summed E-state index contributed by atoms with van der Waals surface area (Å²) in [5.41, 5.74) is 8.19. The number of carbonyl (C=O) groups excluding carboxylic acids is 4. The number of benzene rings is 1. The topological polar surface area (TPSA) is 160 Å². The molecule has 0 heterocycles. The maximum Gasteiger partial charge on any atom is 0.249 e. The molecule has 0 aromatic heterocycles. The van der Waals surface area contributed by atoms with Crippen molar-refractivity contribution < 1.29 is 33.4 Å². The monoisotopic (exact) mass is 597 g/mol. The molecule has 0 atom stereocenters. The van der Waals surface area contributed by atoms with Crippen LogP contribution in [0.4, 0.5) is 0 Å². The zero-order chi connectivity index (χ0) is 29.3. The van der Waals surface area contributed by atoms with Crippen molar-refractivity contribution >= 4 is 45.6 Å². The largest absolute Gasteiger partial charge is 0.379 e. The summed E-state index contributed by atoms with van der Waals surface area (Å²) in [5, 5.41) is 5.58. The normalized spacial score (nSPS) is 10.5. The predicted octanol–water partition coefficient (Wildman–Crippen LogP) is 3.45. The quantitative estimate of drug-likeness (QED) is 0.0655. The van der Waals surface area contributed by atoms with Gasteiger partial charge in [-0.1, -0.05) is 66.6 Å². The molecule has 1 aromatic rings. The van der Waals surface area contributed by atoms with Crippen LogP contribution in [0.3, 0.4) is 0 Å². The summed E-state index contributed by atoms with van der Waals surface area (Å²) in [6.45, 7) is 3.43. The average molecular weight is 598 g/mol. The van der Waals surface area contributed by atoms with E-state index in [0.29, 0.717) is 26.4 Å². The Kier molecular flexibility index (Phi) is 21.4. The minimum atomic E-state index is -0.494. The van der Waals surface area contributed by atoms with Gasteiger partial charge >= 0.3 is 0 Å². The molecule has 0 radical (unpaired) electrons. The highest BCUT2D eigenvalue weighted by molar-refractivity contribution is 8.14. The van der Waals surface area contributed by atoms with Crippen LogP contribution in [-0.2, 0) is 33.4 Å². The Hall–Kier alpha value is -2.61. The highest BCUT2D eigenvalue weighted by Gasteiger charge is 2.21. The molecule has 0 unspecified atom stereocenters. The highest BCUT2D eigenvalue weighted by atomic mass is 32.2. The molecule has 0 aliphatic heterocycles. The maximum atomic E-state index is 12.8. The molecular weight excluding hydrogens is 558 g/mol. The van der Waals surface area contributed by atoms with E-state index in [1.165, 1.54) is 4.90 Å². The van der Waals surface area contributed by atoms with Crippen LogP contribution in [0.2, 0.25) is 0 Å². The number of carbonyl (C=O) groups is 4. The number of nitrogens with zero attached hydrogens (tertiary/aromatic N) is 4. The maximum absolute atomic E-state index is 12.8. The fourth-order valence-electron chi connectivity index (χ4n) is 3.03. The van der Waals surface area contributed by atoms with Crippen molar-refractivity contribution in [3.8, 4) is 0 Å². The van der Waals surface area contributed by atoms with Crippen LogP contribution in [0, 0.1) is 0 Å². The average Bonchev–Trinajstić information content (AvgIpc) is 2.94. The Balaban J connectivity index is 2.45. The number of rotatable bonds is 23. The van der Waals surface area contributed by atoms with Gasteiger partial charge in [0.05, 0.1) is 46.1 Å². The fourth-order valence-corrected chi connectivity index (χ4v) is 4.57. The van der Waals surface area contributed by atoms with Gasteiger partial charge in [-0.2, -0.15) is 0 Å². The Morgan fingerprint density at radius 1 is 0.950 bits per heavy atom. The standard InChI is InChI=1S/C26H39N5O7S2/c1-2-3-7-11-28-23(32)10-18-39-25(34)19-31(20-26(35)40-22-8-5-4-6-9-22)24(33)21-38-17-16-37-15-14-36-13-12-29-30-27/h4-6,8-9H,2-3,7,10-21H2,1H3,(H,28,32). The first kappa shape index (κ1) is 35.4. The fraction of sp³-hybridized carbons (Fsp3) is 0.615. The molecule has 1 rings (SSSR count). The first-order valence-corrected chi connectivity index (χ1v) is 15.0. The van der Waals surface area contributed by atoms with Gasteiger partial charge in [0.1, 0.15) is 6.61 Å². The van der Waals surface area contributed by atoms with Crippen LogP contribution in [0.1, 0.15) is 32.6 Å². The molecule has 0 fully saturated rings. The van der Waals surface area contributed by atoms with Gasteiger partial charge in [-0.05, 0) is 24.1 Å². The molecule has 0 spiro atoms. The van der Waals surface area contributed by atoms with Gasteiger partial charge in [-0.3, -0.25) is 19.2 Å². The molecule has 0 aliphatic rings. The number of ether oxygens (including phenoxy) is 3. The van der Waals surface area contributed by atoms with Crippen molar-refractivity contribution in [2.75, 3.05) is 71.6 Å². The third-order valence-electron chi connectivity index (χ3n) is 5.03. The zero-order valence-electron chi connectivity index (χ0n) is 23.0. The Morgan fingerprint density at radius 2 is 1.62 bits per heavy atom. The third kappa shape index (κ3) is 19.4. The van der Waals surface area contributed by atoms with Crippen molar-refractivity contribution in [2.24, 2.45) is 5.11 Å². The third-order valence-corrected chi connectivity index (χ3v) is 6.75. The van der Waals surface area contributed by atoms with Crippen molar-refractivity contribution in [1.29, 1.82) is 0 Å². The van der Waals surface area contributed by atoms with Crippen molar-refractivity contribution in [2.45, 2.75) is 37.5 Å². The lowest BCUT2D eigenvalue weighted by Gasteiger charge is -2.21. The van der Waals surface area contributed by atoms with E-state index in [9.17, 15) is 19.2 Å². The van der Waals surface area contributed by atoms with Crippen LogP contribution in [0.25, 0.3) is 10.4 Å². The van der Waals surface area contributed by atoms with Gasteiger partial charge in [-0.15, -0.1) is 0 Å². The second-order valence-electron chi connectivity index (χ2n) is 8.30. The lowest BCUT2D eigenvalue weighted by molar-refractivity contribution is -0.140. The van der Waals surface area contributed by atoms with Crippen molar-refractivity contribution in [3.63, 3.8) is 0 Å². The van der Waals surface area contributed by atoms with Gasteiger partial charge in [0.25, 0.3) is 0 Å². The molecule has 1 N–H and O–H groups in total. The molecule has 222 valence electrons. The van der Waals surface area contributed by atoms with Gasteiger partial charge < -0.3 is 24.4 Å². The lowest BCUT2D eigenvalue weighted by atomic mass is 10.2. The SMILES string of the molecule is CCCCCNC(=O)CCSC(=O)CN(CC(=O)Sc1ccccc1)C(=O)COCCOCCOCCN=[N+]=[N-]. The number of hydrogen-bond acceptors (Lipinski definition) is 10. The van der Waals surface area contributed by atoms with Gasteiger partial charge in [0.2, 0.25) is 22.0 Å². The van der Waals surface area contributed by atoms with E-state index in [2.05, 4.69) is 22.3 Å². The van der Waals surface area contributed by atoms with Gasteiger partial charge in [0.15, 0.2) is 0 Å². The number of azide groups is 1. The van der Waals surface area contributed by atoms with Gasteiger partial charge in [0, 0.05) is 35.1 Å². The summed E-state index contributed by atoms with van der Waals surface area (Å²) in [6, 6.07) is 9.04. The van der Waals surface area contributed by atoms with E-state index in [1.807, 2.05) is 18.2 Å². The Bertz CT molecular complexity index is 933. The van der Waals surface area contributed by atoms with E-state index in [1.54, 1.807) is 12.1 Å². The number of amides is 2. The molecule has 1 aromatic carbocycles. The number of nitrogens with one attached hydrogen (secondary N) is 1. The molecule has 40 heavy (non-hydrogen) atoms. The first-order chi connectivity index (χ1) is 19.5. The van der Waals surface area contributed by atoms with E-state index in [-0.39, 0.29) is 67.8 Å². The minimum absolute atomic E-state index is 0.117. The molecule has 12 nitrogen and oxygen atoms in total. The number of thioether (sulfide) groups is 2. The van der Waals surface area contributed by atoms with Crippen LogP contribution in [0.15, 0.2) is 40.3 Å². The molecular formula is C26H39N5O7S2. The molecule has 14 heteroatoms. The Labute approximate surface area is 243 Å². The molecule has 0 aliphatic carbocycles. The minimum Gasteiger partial charge on any atom is -0.379 e. The lowest BCUT2D eigenvalue weighted by Crippen LogP contribution is -2.40. The van der Waals surface area contributed by atoms with Gasteiger partial charge in [-0.25, -0.2) is 0 Å². The number of hydrogen-bond donors (Lipinski definition) is 1. The molecule has 0 bridgehead atoms. The smallest absolute Gasteiger partial charge is 0.249 e. The summed E-state index contributed by atoms with van der Waals surface area (Å²) in [7, 11) is 0. The van der Waals surface area contributed by atoms with E-state index in [0.717, 1.165) is 47.7 Å². The highest BCUT2D eigenvalue weighted by Crippen LogP contribution is 2.19. The van der Waals surface area contributed by atoms with Crippen molar-refractivity contribution in [1.82, 2.24) is 10.2 Å². The second-order valence-corrected chi connectivity index (χ2v) is 10.6. The molecule has 2 amide bonds. The van der Waals surface area contributed by atoms with E-state index in [4.69, 9.17) is 19.7 Å². The summed E-state index contributed by atoms with van der Waals surface area (Å²) in [4.78, 5) is 54.4. The molecule has 0 saturated heterocycles. The summed E-state index contributed by atoms with van der Waals surface area (Å²) in [5.74, 6) is -0.323. The first-order valence-electron chi connectivity index (χ1n) is 13.2.